The molecule has 0 radical (unpaired) electrons. The van der Waals surface area contributed by atoms with E-state index in [0.29, 0.717) is 5.75 Å². The summed E-state index contributed by atoms with van der Waals surface area (Å²) in [7, 11) is 0. The Hall–Kier alpha value is -3.60. The van der Waals surface area contributed by atoms with Gasteiger partial charge < -0.3 is 4.74 Å². The number of carbonyl (C=O) groups is 1. The molecule has 0 unspecified atom stereocenters. The Kier molecular flexibility index (Phi) is 5.84. The molecule has 0 spiro atoms. The van der Waals surface area contributed by atoms with E-state index in [4.69, 9.17) is 4.74 Å². The number of nitrogens with zero attached hydrogens (tertiary/aromatic N) is 2. The minimum Gasteiger partial charge on any atom is -0.426 e. The number of esters is 1. The van der Waals surface area contributed by atoms with Crippen LogP contribution in [0.3, 0.4) is 0 Å². The van der Waals surface area contributed by atoms with Crippen molar-refractivity contribution < 1.29 is 9.53 Å². The second-order valence-corrected chi connectivity index (χ2v) is 5.92. The maximum atomic E-state index is 11.5. The van der Waals surface area contributed by atoms with E-state index in [-0.39, 0.29) is 12.4 Å². The number of allylic oxidation sites excluding steroid dienone is 1. The maximum Gasteiger partial charge on any atom is 0.315 e. The van der Waals surface area contributed by atoms with E-state index >= 15 is 0 Å². The number of hydrazine groups is 1. The van der Waals surface area contributed by atoms with Crippen molar-refractivity contribution in [2.24, 2.45) is 4.99 Å². The smallest absolute Gasteiger partial charge is 0.315 e. The molecule has 0 atom stereocenters. The van der Waals surface area contributed by atoms with E-state index in [0.717, 1.165) is 23.4 Å². The lowest BCUT2D eigenvalue weighted by atomic mass is 10.1. The van der Waals surface area contributed by atoms with Gasteiger partial charge in [-0.3, -0.25) is 10.2 Å². The highest BCUT2D eigenvalue weighted by Crippen LogP contribution is 2.22. The SMILES string of the molecule is C=CCC(=O)Oc1ccc(N2C=NC(c3ccc(CC=C)cc3)=CN2)cc1. The monoisotopic (exact) mass is 359 g/mol. The molecule has 0 fully saturated rings. The van der Waals surface area contributed by atoms with Crippen LogP contribution in [0.25, 0.3) is 5.70 Å². The van der Waals surface area contributed by atoms with Gasteiger partial charge in [-0.2, -0.15) is 0 Å². The molecule has 0 amide bonds. The molecule has 0 saturated heterocycles. The predicted octanol–water partition coefficient (Wildman–Crippen LogP) is 4.25. The molecule has 1 aliphatic rings. The van der Waals surface area contributed by atoms with Crippen LogP contribution in [0.5, 0.6) is 5.75 Å². The van der Waals surface area contributed by atoms with E-state index in [1.807, 2.05) is 36.5 Å². The highest BCUT2D eigenvalue weighted by molar-refractivity contribution is 5.86. The summed E-state index contributed by atoms with van der Waals surface area (Å²) < 4.78 is 5.20. The number of nitrogens with one attached hydrogen (secondary N) is 1. The Bertz CT molecular complexity index is 881. The highest BCUT2D eigenvalue weighted by atomic mass is 16.5. The van der Waals surface area contributed by atoms with Gasteiger partial charge in [0.15, 0.2) is 0 Å². The average molecular weight is 359 g/mol. The van der Waals surface area contributed by atoms with Crippen molar-refractivity contribution in [1.29, 1.82) is 0 Å². The molecule has 0 saturated carbocycles. The first kappa shape index (κ1) is 18.2. The third kappa shape index (κ3) is 4.73. The molecule has 3 rings (SSSR count). The van der Waals surface area contributed by atoms with Crippen LogP contribution in [0.4, 0.5) is 5.69 Å². The second-order valence-electron chi connectivity index (χ2n) is 5.92. The Morgan fingerprint density at radius 3 is 2.41 bits per heavy atom. The summed E-state index contributed by atoms with van der Waals surface area (Å²) in [5.41, 5.74) is 7.17. The van der Waals surface area contributed by atoms with Crippen molar-refractivity contribution in [3.8, 4) is 5.75 Å². The quantitative estimate of drug-likeness (QED) is 0.456. The fourth-order valence-electron chi connectivity index (χ4n) is 2.56. The maximum absolute atomic E-state index is 11.5. The molecule has 0 bridgehead atoms. The van der Waals surface area contributed by atoms with Gasteiger partial charge in [-0.05, 0) is 36.2 Å². The summed E-state index contributed by atoms with van der Waals surface area (Å²) in [5, 5.41) is 1.78. The van der Waals surface area contributed by atoms with Crippen LogP contribution >= 0.6 is 0 Å². The van der Waals surface area contributed by atoms with Gasteiger partial charge in [0.1, 0.15) is 12.1 Å². The van der Waals surface area contributed by atoms with E-state index in [1.165, 1.54) is 11.6 Å². The van der Waals surface area contributed by atoms with Crippen LogP contribution in [0, 0.1) is 0 Å². The number of carbonyl (C=O) groups excluding carboxylic acids is 1. The Labute approximate surface area is 159 Å². The lowest BCUT2D eigenvalue weighted by Gasteiger charge is -2.23. The zero-order valence-electron chi connectivity index (χ0n) is 15.0. The van der Waals surface area contributed by atoms with Gasteiger partial charge in [0.2, 0.25) is 0 Å². The van der Waals surface area contributed by atoms with E-state index in [2.05, 4.69) is 35.7 Å². The lowest BCUT2D eigenvalue weighted by molar-refractivity contribution is -0.133. The minimum absolute atomic E-state index is 0.185. The molecule has 27 heavy (non-hydrogen) atoms. The number of rotatable bonds is 7. The van der Waals surface area contributed by atoms with E-state index < -0.39 is 0 Å². The van der Waals surface area contributed by atoms with Crippen molar-refractivity contribution in [2.75, 3.05) is 5.01 Å². The normalized spacial score (nSPS) is 12.7. The molecule has 1 aliphatic heterocycles. The Morgan fingerprint density at radius 1 is 1.07 bits per heavy atom. The second kappa shape index (κ2) is 8.67. The molecule has 2 aromatic carbocycles. The van der Waals surface area contributed by atoms with E-state index in [1.54, 1.807) is 23.5 Å². The van der Waals surface area contributed by atoms with Gasteiger partial charge in [-0.25, -0.2) is 10.0 Å². The zero-order chi connectivity index (χ0) is 19.1. The third-order valence-corrected chi connectivity index (χ3v) is 3.94. The van der Waals surface area contributed by atoms with Gasteiger partial charge in [0, 0.05) is 11.8 Å². The Morgan fingerprint density at radius 2 is 1.81 bits per heavy atom. The van der Waals surface area contributed by atoms with Crippen molar-refractivity contribution >= 4 is 23.7 Å². The van der Waals surface area contributed by atoms with Crippen molar-refractivity contribution in [2.45, 2.75) is 12.8 Å². The first-order valence-electron chi connectivity index (χ1n) is 8.61. The molecule has 136 valence electrons. The van der Waals surface area contributed by atoms with Gasteiger partial charge in [-0.1, -0.05) is 36.4 Å². The summed E-state index contributed by atoms with van der Waals surface area (Å²) in [6, 6.07) is 15.4. The molecule has 5 heteroatoms. The zero-order valence-corrected chi connectivity index (χ0v) is 15.0. The van der Waals surface area contributed by atoms with Crippen molar-refractivity contribution in [3.05, 3.63) is 91.2 Å². The van der Waals surface area contributed by atoms with Gasteiger partial charge >= 0.3 is 5.97 Å². The largest absolute Gasteiger partial charge is 0.426 e. The fraction of sp³-hybridized carbons (Fsp3) is 0.0909. The summed E-state index contributed by atoms with van der Waals surface area (Å²) in [6.45, 7) is 7.27. The van der Waals surface area contributed by atoms with Gasteiger partial charge in [0.05, 0.1) is 17.8 Å². The molecular formula is C22H21N3O2. The summed E-state index contributed by atoms with van der Waals surface area (Å²) >= 11 is 0. The first-order valence-corrected chi connectivity index (χ1v) is 8.61. The van der Waals surface area contributed by atoms with Crippen LogP contribution < -0.4 is 15.2 Å². The lowest BCUT2D eigenvalue weighted by Crippen LogP contribution is -2.35. The van der Waals surface area contributed by atoms with Crippen molar-refractivity contribution in [3.63, 3.8) is 0 Å². The number of ether oxygens (including phenoxy) is 1. The van der Waals surface area contributed by atoms with Crippen LogP contribution in [-0.4, -0.2) is 12.3 Å². The van der Waals surface area contributed by atoms with Gasteiger partial charge in [0.25, 0.3) is 0 Å². The van der Waals surface area contributed by atoms with E-state index in [9.17, 15) is 4.79 Å². The average Bonchev–Trinajstić information content (AvgIpc) is 2.70. The molecule has 5 nitrogen and oxygen atoms in total. The summed E-state index contributed by atoms with van der Waals surface area (Å²) in [5.74, 6) is 0.164. The minimum atomic E-state index is -0.331. The summed E-state index contributed by atoms with van der Waals surface area (Å²) in [4.78, 5) is 16.0. The Balaban J connectivity index is 1.62. The van der Waals surface area contributed by atoms with Crippen LogP contribution in [0.2, 0.25) is 0 Å². The molecular weight excluding hydrogens is 338 g/mol. The molecule has 0 aliphatic carbocycles. The van der Waals surface area contributed by atoms with Crippen LogP contribution in [0.1, 0.15) is 17.5 Å². The molecule has 0 aromatic heterocycles. The number of hydrogen-bond acceptors (Lipinski definition) is 5. The van der Waals surface area contributed by atoms with Gasteiger partial charge in [-0.15, -0.1) is 13.2 Å². The topological polar surface area (TPSA) is 53.9 Å². The number of hydrogen-bond donors (Lipinski definition) is 1. The number of aliphatic imine (C=N–C) groups is 1. The van der Waals surface area contributed by atoms with Crippen LogP contribution in [-0.2, 0) is 11.2 Å². The molecule has 1 heterocycles. The predicted molar refractivity (Wildman–Crippen MR) is 109 cm³/mol. The number of benzene rings is 2. The molecule has 2 aromatic rings. The highest BCUT2D eigenvalue weighted by Gasteiger charge is 2.10. The first-order chi connectivity index (χ1) is 13.2. The standard InChI is InChI=1S/C22H21N3O2/c1-3-5-17-7-9-18(10-8-17)21-15-24-25(16-23-21)19-11-13-20(14-12-19)27-22(26)6-4-2/h3-4,7-16,24H,1-2,5-6H2. The van der Waals surface area contributed by atoms with Crippen molar-refractivity contribution in [1.82, 2.24) is 5.43 Å². The third-order valence-electron chi connectivity index (χ3n) is 3.94. The van der Waals surface area contributed by atoms with Crippen LogP contribution in [0.15, 0.2) is 85.0 Å². The number of anilines is 1. The molecule has 1 N–H and O–H groups in total. The fourth-order valence-corrected chi connectivity index (χ4v) is 2.56. The summed E-state index contributed by atoms with van der Waals surface area (Å²) in [6.07, 6.45) is 8.00.